The average molecular weight is 244 g/mol. The van der Waals surface area contributed by atoms with Crippen molar-refractivity contribution in [2.24, 2.45) is 0 Å². The zero-order valence-corrected chi connectivity index (χ0v) is 9.88. The van der Waals surface area contributed by atoms with Crippen molar-refractivity contribution in [3.05, 3.63) is 29.6 Å². The van der Waals surface area contributed by atoms with Crippen molar-refractivity contribution in [1.29, 1.82) is 0 Å². The Labute approximate surface area is 98.0 Å². The van der Waals surface area contributed by atoms with Crippen LogP contribution in [-0.2, 0) is 4.74 Å². The standard InChI is InChI=1S/C11H14F2N2O2/c1-11(2,17-3)6-15-10(16)7-4-5-14-9(13)8(7)12/h4-5H,6H2,1-3H3,(H,15,16). The summed E-state index contributed by atoms with van der Waals surface area (Å²) in [5, 5.41) is 2.46. The molecule has 1 aromatic rings. The quantitative estimate of drug-likeness (QED) is 0.817. The van der Waals surface area contributed by atoms with Crippen LogP contribution < -0.4 is 5.32 Å². The number of hydrogen-bond donors (Lipinski definition) is 1. The van der Waals surface area contributed by atoms with Crippen LogP contribution in [0.1, 0.15) is 24.2 Å². The molecule has 0 aliphatic heterocycles. The molecular weight excluding hydrogens is 230 g/mol. The first-order valence-electron chi connectivity index (χ1n) is 5.01. The molecule has 4 nitrogen and oxygen atoms in total. The summed E-state index contributed by atoms with van der Waals surface area (Å²) in [7, 11) is 1.50. The van der Waals surface area contributed by atoms with E-state index in [4.69, 9.17) is 4.74 Å². The molecule has 0 fully saturated rings. The van der Waals surface area contributed by atoms with Crippen molar-refractivity contribution in [3.63, 3.8) is 0 Å². The Hall–Kier alpha value is -1.56. The minimum Gasteiger partial charge on any atom is -0.377 e. The van der Waals surface area contributed by atoms with Gasteiger partial charge in [0.05, 0.1) is 11.2 Å². The number of amides is 1. The number of halogens is 2. The molecule has 0 bridgehead atoms. The highest BCUT2D eigenvalue weighted by Gasteiger charge is 2.20. The molecule has 1 heterocycles. The van der Waals surface area contributed by atoms with E-state index in [0.717, 1.165) is 12.3 Å². The Morgan fingerprint density at radius 1 is 1.53 bits per heavy atom. The monoisotopic (exact) mass is 244 g/mol. The van der Waals surface area contributed by atoms with E-state index in [1.165, 1.54) is 7.11 Å². The van der Waals surface area contributed by atoms with Gasteiger partial charge < -0.3 is 10.1 Å². The second-order valence-corrected chi connectivity index (χ2v) is 4.11. The molecule has 0 saturated carbocycles. The highest BCUT2D eigenvalue weighted by molar-refractivity contribution is 5.94. The molecule has 17 heavy (non-hydrogen) atoms. The Morgan fingerprint density at radius 2 is 2.18 bits per heavy atom. The van der Waals surface area contributed by atoms with Gasteiger partial charge in [0.25, 0.3) is 5.91 Å². The van der Waals surface area contributed by atoms with Gasteiger partial charge in [-0.25, -0.2) is 9.37 Å². The van der Waals surface area contributed by atoms with Gasteiger partial charge in [-0.2, -0.15) is 4.39 Å². The summed E-state index contributed by atoms with van der Waals surface area (Å²) < 4.78 is 31.1. The summed E-state index contributed by atoms with van der Waals surface area (Å²) in [4.78, 5) is 14.7. The first kappa shape index (κ1) is 13.5. The molecule has 0 unspecified atom stereocenters. The maximum Gasteiger partial charge on any atom is 0.254 e. The van der Waals surface area contributed by atoms with Crippen LogP contribution >= 0.6 is 0 Å². The minimum atomic E-state index is -1.29. The van der Waals surface area contributed by atoms with Crippen LogP contribution in [0.15, 0.2) is 12.3 Å². The number of pyridine rings is 1. The molecule has 94 valence electrons. The minimum absolute atomic E-state index is 0.186. The molecule has 0 saturated heterocycles. The van der Waals surface area contributed by atoms with Crippen molar-refractivity contribution in [2.75, 3.05) is 13.7 Å². The summed E-state index contributed by atoms with van der Waals surface area (Å²) in [5.41, 5.74) is -0.943. The van der Waals surface area contributed by atoms with E-state index in [9.17, 15) is 13.6 Å². The summed E-state index contributed by atoms with van der Waals surface area (Å²) >= 11 is 0. The number of nitrogens with one attached hydrogen (secondary N) is 1. The third-order valence-electron chi connectivity index (χ3n) is 2.32. The zero-order valence-electron chi connectivity index (χ0n) is 9.88. The van der Waals surface area contributed by atoms with Crippen molar-refractivity contribution < 1.29 is 18.3 Å². The molecular formula is C11H14F2N2O2. The summed E-state index contributed by atoms with van der Waals surface area (Å²) in [6, 6.07) is 1.12. The molecule has 0 aliphatic carbocycles. The second-order valence-electron chi connectivity index (χ2n) is 4.11. The van der Waals surface area contributed by atoms with Crippen LogP contribution in [0.5, 0.6) is 0 Å². The maximum absolute atomic E-state index is 13.2. The summed E-state index contributed by atoms with van der Waals surface area (Å²) in [5.74, 6) is -3.24. The number of hydrogen-bond acceptors (Lipinski definition) is 3. The lowest BCUT2D eigenvalue weighted by Crippen LogP contribution is -2.40. The maximum atomic E-state index is 13.2. The number of carbonyl (C=O) groups excluding carboxylic acids is 1. The normalized spacial score (nSPS) is 11.4. The second kappa shape index (κ2) is 5.18. The lowest BCUT2D eigenvalue weighted by Gasteiger charge is -2.23. The predicted molar refractivity (Wildman–Crippen MR) is 57.6 cm³/mol. The summed E-state index contributed by atoms with van der Waals surface area (Å²) in [6.45, 7) is 3.71. The third kappa shape index (κ3) is 3.45. The highest BCUT2D eigenvalue weighted by Crippen LogP contribution is 2.10. The third-order valence-corrected chi connectivity index (χ3v) is 2.32. The van der Waals surface area contributed by atoms with Crippen molar-refractivity contribution in [3.8, 4) is 0 Å². The van der Waals surface area contributed by atoms with Gasteiger partial charge in [0, 0.05) is 19.9 Å². The Kier molecular flexibility index (Phi) is 4.11. The topological polar surface area (TPSA) is 51.2 Å². The van der Waals surface area contributed by atoms with E-state index in [1.807, 2.05) is 0 Å². The van der Waals surface area contributed by atoms with E-state index in [-0.39, 0.29) is 12.1 Å². The number of ether oxygens (including phenoxy) is 1. The zero-order chi connectivity index (χ0) is 13.1. The number of nitrogens with zero attached hydrogens (tertiary/aromatic N) is 1. The smallest absolute Gasteiger partial charge is 0.254 e. The van der Waals surface area contributed by atoms with Gasteiger partial charge in [-0.05, 0) is 19.9 Å². The first-order valence-corrected chi connectivity index (χ1v) is 5.01. The molecule has 1 amide bonds. The Bertz CT molecular complexity index is 422. The van der Waals surface area contributed by atoms with E-state index in [0.29, 0.717) is 0 Å². The van der Waals surface area contributed by atoms with Gasteiger partial charge in [0.1, 0.15) is 0 Å². The van der Waals surface area contributed by atoms with Crippen molar-refractivity contribution in [1.82, 2.24) is 10.3 Å². The van der Waals surface area contributed by atoms with E-state index in [1.54, 1.807) is 13.8 Å². The molecule has 0 atom stereocenters. The number of methoxy groups -OCH3 is 1. The molecule has 1 aromatic heterocycles. The van der Waals surface area contributed by atoms with Crippen LogP contribution in [0.4, 0.5) is 8.78 Å². The van der Waals surface area contributed by atoms with Crippen molar-refractivity contribution >= 4 is 5.91 Å². The fraction of sp³-hybridized carbons (Fsp3) is 0.455. The van der Waals surface area contributed by atoms with Gasteiger partial charge in [0.2, 0.25) is 5.95 Å². The fourth-order valence-corrected chi connectivity index (χ4v) is 1.05. The van der Waals surface area contributed by atoms with Crippen LogP contribution in [0, 0.1) is 11.8 Å². The molecule has 0 radical (unpaired) electrons. The SMILES string of the molecule is COC(C)(C)CNC(=O)c1ccnc(F)c1F. The van der Waals surface area contributed by atoms with E-state index in [2.05, 4.69) is 10.3 Å². The van der Waals surface area contributed by atoms with Crippen LogP contribution in [0.2, 0.25) is 0 Å². The Morgan fingerprint density at radius 3 is 2.76 bits per heavy atom. The molecule has 1 N–H and O–H groups in total. The fourth-order valence-electron chi connectivity index (χ4n) is 1.05. The first-order chi connectivity index (χ1) is 7.87. The Balaban J connectivity index is 2.74. The van der Waals surface area contributed by atoms with Crippen molar-refractivity contribution in [2.45, 2.75) is 19.4 Å². The lowest BCUT2D eigenvalue weighted by molar-refractivity contribution is 0.0228. The van der Waals surface area contributed by atoms with Crippen LogP contribution in [0.3, 0.4) is 0 Å². The molecule has 1 rings (SSSR count). The van der Waals surface area contributed by atoms with Gasteiger partial charge in [-0.15, -0.1) is 0 Å². The van der Waals surface area contributed by atoms with E-state index < -0.39 is 23.3 Å². The molecule has 0 aliphatic rings. The van der Waals surface area contributed by atoms with Crippen LogP contribution in [-0.4, -0.2) is 30.1 Å². The van der Waals surface area contributed by atoms with E-state index >= 15 is 0 Å². The predicted octanol–water partition coefficient (Wildman–Crippen LogP) is 1.51. The molecule has 6 heteroatoms. The van der Waals surface area contributed by atoms with Gasteiger partial charge in [-0.1, -0.05) is 0 Å². The number of carbonyl (C=O) groups is 1. The summed E-state index contributed by atoms with van der Waals surface area (Å²) in [6.07, 6.45) is 1.04. The largest absolute Gasteiger partial charge is 0.377 e. The molecule has 0 aromatic carbocycles. The lowest BCUT2D eigenvalue weighted by atomic mass is 10.1. The molecule has 0 spiro atoms. The van der Waals surface area contributed by atoms with Gasteiger partial charge in [-0.3, -0.25) is 4.79 Å². The highest BCUT2D eigenvalue weighted by atomic mass is 19.2. The average Bonchev–Trinajstić information content (AvgIpc) is 2.30. The van der Waals surface area contributed by atoms with Gasteiger partial charge in [0.15, 0.2) is 5.82 Å². The number of aromatic nitrogens is 1. The van der Waals surface area contributed by atoms with Crippen LogP contribution in [0.25, 0.3) is 0 Å². The number of rotatable bonds is 4. The van der Waals surface area contributed by atoms with Gasteiger partial charge >= 0.3 is 0 Å².